The van der Waals surface area contributed by atoms with Crippen LogP contribution in [-0.2, 0) is 4.74 Å². The standard InChI is InChI=1S/C25H25N7O3/c26-24-28-23(31-21-7-2-1-6-20(21)27-25(31)29-24)19-9-8-17(22(19)30-10-12-35-13-11-30)14-16-4-3-5-18(15-16)32(33)34/h1-7,14-15,23H,8-13H2,(H3,26,27,28,29)/b17-14+/t23-/m0/s1. The summed E-state index contributed by atoms with van der Waals surface area (Å²) in [6.07, 6.45) is 3.35. The zero-order valence-electron chi connectivity index (χ0n) is 19.1. The van der Waals surface area contributed by atoms with Crippen LogP contribution in [0.1, 0.15) is 24.6 Å². The molecular weight excluding hydrogens is 446 g/mol. The lowest BCUT2D eigenvalue weighted by atomic mass is 10.1. The fourth-order valence-corrected chi connectivity index (χ4v) is 5.18. The van der Waals surface area contributed by atoms with Gasteiger partial charge in [0, 0.05) is 30.9 Å². The number of benzene rings is 2. The van der Waals surface area contributed by atoms with Gasteiger partial charge in [-0.1, -0.05) is 24.3 Å². The first-order chi connectivity index (χ1) is 17.1. The minimum absolute atomic E-state index is 0.0831. The van der Waals surface area contributed by atoms with Crippen LogP contribution in [0.15, 0.2) is 70.4 Å². The number of aliphatic imine (C=N–C) groups is 1. The number of hydrogen-bond donors (Lipinski definition) is 2. The number of aromatic nitrogens is 2. The van der Waals surface area contributed by atoms with Crippen LogP contribution in [0.3, 0.4) is 0 Å². The second-order valence-corrected chi connectivity index (χ2v) is 8.80. The number of morpholine rings is 1. The third-order valence-corrected chi connectivity index (χ3v) is 6.67. The van der Waals surface area contributed by atoms with Crippen LogP contribution >= 0.6 is 0 Å². The minimum atomic E-state index is -0.362. The maximum atomic E-state index is 11.3. The topological polar surface area (TPSA) is 124 Å². The summed E-state index contributed by atoms with van der Waals surface area (Å²) >= 11 is 0. The molecule has 6 rings (SSSR count). The van der Waals surface area contributed by atoms with E-state index in [9.17, 15) is 10.1 Å². The van der Waals surface area contributed by atoms with Crippen molar-refractivity contribution in [2.24, 2.45) is 10.7 Å². The molecule has 1 fully saturated rings. The number of imidazole rings is 1. The largest absolute Gasteiger partial charge is 0.378 e. The van der Waals surface area contributed by atoms with E-state index >= 15 is 0 Å². The van der Waals surface area contributed by atoms with Crippen molar-refractivity contribution < 1.29 is 9.66 Å². The summed E-state index contributed by atoms with van der Waals surface area (Å²) in [6, 6.07) is 14.7. The van der Waals surface area contributed by atoms with Gasteiger partial charge in [0.2, 0.25) is 5.95 Å². The molecule has 178 valence electrons. The summed E-state index contributed by atoms with van der Waals surface area (Å²) in [5.41, 5.74) is 12.4. The fraction of sp³-hybridized carbons (Fsp3) is 0.280. The van der Waals surface area contributed by atoms with Crippen LogP contribution in [0.4, 0.5) is 11.6 Å². The van der Waals surface area contributed by atoms with Crippen molar-refractivity contribution in [1.82, 2.24) is 14.5 Å². The quantitative estimate of drug-likeness (QED) is 0.440. The van der Waals surface area contributed by atoms with Gasteiger partial charge in [0.15, 0.2) is 12.1 Å². The van der Waals surface area contributed by atoms with Crippen molar-refractivity contribution in [3.05, 3.63) is 81.1 Å². The van der Waals surface area contributed by atoms with E-state index in [-0.39, 0.29) is 16.8 Å². The van der Waals surface area contributed by atoms with Gasteiger partial charge < -0.3 is 15.4 Å². The smallest absolute Gasteiger partial charge is 0.270 e. The summed E-state index contributed by atoms with van der Waals surface area (Å²) in [6.45, 7) is 2.84. The molecule has 0 radical (unpaired) electrons. The molecular formula is C25H25N7O3. The second-order valence-electron chi connectivity index (χ2n) is 8.80. The summed E-state index contributed by atoms with van der Waals surface area (Å²) in [7, 11) is 0. The SMILES string of the molecule is NC1=N[C@H](C2=C(N3CCOCC3)/C(=C/c3cccc([N+](=O)[O-])c3)CC2)n2c(nc3ccccc32)N1. The zero-order valence-corrected chi connectivity index (χ0v) is 19.1. The van der Waals surface area contributed by atoms with Crippen molar-refractivity contribution in [2.75, 3.05) is 31.6 Å². The average molecular weight is 472 g/mol. The van der Waals surface area contributed by atoms with Crippen LogP contribution in [0.5, 0.6) is 0 Å². The molecule has 3 N–H and O–H groups in total. The number of fused-ring (bicyclic) bond motifs is 3. The fourth-order valence-electron chi connectivity index (χ4n) is 5.18. The molecule has 3 heterocycles. The Morgan fingerprint density at radius 2 is 1.97 bits per heavy atom. The van der Waals surface area contributed by atoms with Crippen LogP contribution in [0.25, 0.3) is 17.1 Å². The number of rotatable bonds is 4. The molecule has 0 bridgehead atoms. The molecule has 1 saturated heterocycles. The molecule has 0 unspecified atom stereocenters. The highest BCUT2D eigenvalue weighted by atomic mass is 16.6. The highest BCUT2D eigenvalue weighted by Gasteiger charge is 2.34. The van der Waals surface area contributed by atoms with Crippen LogP contribution in [0, 0.1) is 10.1 Å². The van der Waals surface area contributed by atoms with Crippen molar-refractivity contribution in [3.63, 3.8) is 0 Å². The molecule has 35 heavy (non-hydrogen) atoms. The highest BCUT2D eigenvalue weighted by molar-refractivity contribution is 5.94. The number of nitrogens with one attached hydrogen (secondary N) is 1. The lowest BCUT2D eigenvalue weighted by Gasteiger charge is -2.33. The van der Waals surface area contributed by atoms with Crippen molar-refractivity contribution in [1.29, 1.82) is 0 Å². The van der Waals surface area contributed by atoms with Crippen LogP contribution < -0.4 is 11.1 Å². The van der Waals surface area contributed by atoms with Crippen molar-refractivity contribution in [3.8, 4) is 0 Å². The predicted octanol–water partition coefficient (Wildman–Crippen LogP) is 3.65. The number of ether oxygens (including phenoxy) is 1. The number of nitro benzene ring substituents is 1. The van der Waals surface area contributed by atoms with E-state index in [1.54, 1.807) is 12.1 Å². The van der Waals surface area contributed by atoms with Crippen molar-refractivity contribution in [2.45, 2.75) is 19.0 Å². The van der Waals surface area contributed by atoms with Crippen LogP contribution in [0.2, 0.25) is 0 Å². The molecule has 10 nitrogen and oxygen atoms in total. The number of allylic oxidation sites excluding steroid dienone is 1. The Hall–Kier alpha value is -4.18. The Labute approximate surface area is 201 Å². The first kappa shape index (κ1) is 21.4. The molecule has 0 spiro atoms. The number of nitro groups is 1. The van der Waals surface area contributed by atoms with Crippen LogP contribution in [-0.4, -0.2) is 51.6 Å². The third-order valence-electron chi connectivity index (χ3n) is 6.67. The number of para-hydroxylation sites is 2. The van der Waals surface area contributed by atoms with Gasteiger partial charge in [0.1, 0.15) is 0 Å². The maximum Gasteiger partial charge on any atom is 0.270 e. The molecule has 3 aliphatic rings. The minimum Gasteiger partial charge on any atom is -0.378 e. The maximum absolute atomic E-state index is 11.3. The summed E-state index contributed by atoms with van der Waals surface area (Å²) in [4.78, 5) is 22.8. The molecule has 1 atom stereocenters. The Bertz CT molecular complexity index is 1420. The molecule has 0 amide bonds. The van der Waals surface area contributed by atoms with E-state index in [4.69, 9.17) is 20.4 Å². The first-order valence-electron chi connectivity index (χ1n) is 11.7. The van der Waals surface area contributed by atoms with Gasteiger partial charge in [-0.25, -0.2) is 9.98 Å². The number of nitrogens with two attached hydrogens (primary N) is 1. The number of anilines is 1. The molecule has 0 saturated carbocycles. The summed E-state index contributed by atoms with van der Waals surface area (Å²) < 4.78 is 7.73. The van der Waals surface area contributed by atoms with E-state index < -0.39 is 0 Å². The zero-order chi connectivity index (χ0) is 23.9. The van der Waals surface area contributed by atoms with Gasteiger partial charge in [-0.15, -0.1) is 0 Å². The van der Waals surface area contributed by atoms with Gasteiger partial charge in [-0.05, 0) is 47.8 Å². The normalized spacial score (nSPS) is 21.3. The number of guanidine groups is 1. The van der Waals surface area contributed by atoms with Gasteiger partial charge in [-0.2, -0.15) is 0 Å². The Morgan fingerprint density at radius 3 is 2.80 bits per heavy atom. The Balaban J connectivity index is 1.50. The predicted molar refractivity (Wildman–Crippen MR) is 134 cm³/mol. The van der Waals surface area contributed by atoms with E-state index in [1.165, 1.54) is 6.07 Å². The monoisotopic (exact) mass is 471 g/mol. The van der Waals surface area contributed by atoms with E-state index in [2.05, 4.69) is 20.9 Å². The Kier molecular flexibility index (Phi) is 5.22. The molecule has 2 aromatic carbocycles. The summed E-state index contributed by atoms with van der Waals surface area (Å²) in [5, 5.41) is 14.4. The highest BCUT2D eigenvalue weighted by Crippen LogP contribution is 2.44. The number of non-ortho nitro benzene ring substituents is 1. The summed E-state index contributed by atoms with van der Waals surface area (Å²) in [5.74, 6) is 1.01. The molecule has 10 heteroatoms. The van der Waals surface area contributed by atoms with Gasteiger partial charge >= 0.3 is 0 Å². The van der Waals surface area contributed by atoms with Gasteiger partial charge in [0.05, 0.1) is 29.2 Å². The molecule has 1 aliphatic carbocycles. The second kappa shape index (κ2) is 8.55. The molecule has 2 aliphatic heterocycles. The Morgan fingerprint density at radius 1 is 1.14 bits per heavy atom. The van der Waals surface area contributed by atoms with Crippen molar-refractivity contribution >= 4 is 34.7 Å². The van der Waals surface area contributed by atoms with Gasteiger partial charge in [0.25, 0.3) is 5.69 Å². The van der Waals surface area contributed by atoms with Gasteiger partial charge in [-0.3, -0.25) is 20.0 Å². The number of hydrogen-bond acceptors (Lipinski definition) is 8. The lowest BCUT2D eigenvalue weighted by Crippen LogP contribution is -2.37. The molecule has 1 aromatic heterocycles. The van der Waals surface area contributed by atoms with E-state index in [1.807, 2.05) is 30.3 Å². The first-order valence-corrected chi connectivity index (χ1v) is 11.7. The average Bonchev–Trinajstić information content (AvgIpc) is 3.45. The molecule has 3 aromatic rings. The number of nitrogens with zero attached hydrogens (tertiary/aromatic N) is 5. The van der Waals surface area contributed by atoms with E-state index in [0.29, 0.717) is 25.1 Å². The lowest BCUT2D eigenvalue weighted by molar-refractivity contribution is -0.384. The third kappa shape index (κ3) is 3.81. The van der Waals surface area contributed by atoms with E-state index in [0.717, 1.165) is 59.4 Å².